The van der Waals surface area contributed by atoms with Gasteiger partial charge in [0.05, 0.1) is 5.52 Å². The second-order valence-corrected chi connectivity index (χ2v) is 7.16. The molecule has 0 saturated carbocycles. The summed E-state index contributed by atoms with van der Waals surface area (Å²) in [5.41, 5.74) is 1.42. The Kier molecular flexibility index (Phi) is 3.81. The van der Waals surface area contributed by atoms with Crippen LogP contribution in [0, 0.1) is 0 Å². The molecular weight excluding hydrogens is 368 g/mol. The van der Waals surface area contributed by atoms with Gasteiger partial charge in [-0.2, -0.15) is 0 Å². The van der Waals surface area contributed by atoms with Crippen LogP contribution in [0.25, 0.3) is 21.7 Å². The summed E-state index contributed by atoms with van der Waals surface area (Å²) in [7, 11) is 1.66. The predicted octanol–water partition coefficient (Wildman–Crippen LogP) is 3.97. The molecular formula is C23H18N2O4. The van der Waals surface area contributed by atoms with E-state index in [9.17, 15) is 15.0 Å². The highest BCUT2D eigenvalue weighted by Crippen LogP contribution is 2.40. The highest BCUT2D eigenvalue weighted by atomic mass is 16.6. The van der Waals surface area contributed by atoms with Crippen molar-refractivity contribution in [2.24, 2.45) is 12.2 Å². The van der Waals surface area contributed by atoms with Gasteiger partial charge in [-0.15, -0.1) is 0 Å². The number of benzene rings is 3. The fraction of sp³-hybridized carbons (Fsp3) is 0.130. The Hall–Kier alpha value is -3.80. The van der Waals surface area contributed by atoms with Gasteiger partial charge in [-0.3, -0.25) is 4.79 Å². The number of fused-ring (bicyclic) bond motifs is 2. The predicted molar refractivity (Wildman–Crippen MR) is 111 cm³/mol. The quantitative estimate of drug-likeness (QED) is 0.546. The summed E-state index contributed by atoms with van der Waals surface area (Å²) >= 11 is 0. The first kappa shape index (κ1) is 17.3. The number of aromatic nitrogens is 1. The van der Waals surface area contributed by atoms with E-state index in [-0.39, 0.29) is 29.0 Å². The summed E-state index contributed by atoms with van der Waals surface area (Å²) in [5.74, 6) is 0.00891. The van der Waals surface area contributed by atoms with Crippen LogP contribution >= 0.6 is 0 Å². The summed E-state index contributed by atoms with van der Waals surface area (Å²) in [5, 5.41) is 27.8. The van der Waals surface area contributed by atoms with Crippen molar-refractivity contribution in [1.82, 2.24) is 4.57 Å². The number of oxime groups is 1. The fourth-order valence-corrected chi connectivity index (χ4v) is 4.04. The van der Waals surface area contributed by atoms with Crippen LogP contribution in [0.2, 0.25) is 0 Å². The molecule has 1 atom stereocenters. The molecule has 1 aromatic heterocycles. The average molecular weight is 386 g/mol. The second kappa shape index (κ2) is 6.38. The van der Waals surface area contributed by atoms with E-state index in [0.717, 1.165) is 10.8 Å². The van der Waals surface area contributed by atoms with Crippen molar-refractivity contribution in [1.29, 1.82) is 0 Å². The molecule has 1 aliphatic heterocycles. The molecule has 2 N–H and O–H groups in total. The Balaban J connectivity index is 1.61. The lowest BCUT2D eigenvalue weighted by molar-refractivity contribution is 0.0849. The molecule has 2 heterocycles. The summed E-state index contributed by atoms with van der Waals surface area (Å²) in [4.78, 5) is 18.6. The maximum Gasteiger partial charge on any atom is 0.263 e. The number of aryl methyl sites for hydroxylation is 1. The first-order chi connectivity index (χ1) is 14.1. The lowest BCUT2D eigenvalue weighted by Crippen LogP contribution is -2.24. The Morgan fingerprint density at radius 2 is 1.72 bits per heavy atom. The number of nitrogens with zero attached hydrogens (tertiary/aromatic N) is 2. The first-order valence-corrected chi connectivity index (χ1v) is 9.30. The minimum Gasteiger partial charge on any atom is -0.508 e. The molecule has 0 radical (unpaired) electrons. The third-order valence-corrected chi connectivity index (χ3v) is 5.50. The van der Waals surface area contributed by atoms with Gasteiger partial charge in [0.2, 0.25) is 0 Å². The van der Waals surface area contributed by atoms with E-state index < -0.39 is 6.10 Å². The molecule has 6 nitrogen and oxygen atoms in total. The van der Waals surface area contributed by atoms with E-state index in [1.807, 2.05) is 36.4 Å². The second-order valence-electron chi connectivity index (χ2n) is 7.16. The standard InChI is InChI=1S/C23H18N2O4/c1-25-17-9-5-4-8-15(17)22(27)21(23(25)28)16-12-19(29-24-16)20-14-7-3-2-6-13(14)10-11-18(20)26/h2-11,19,26-27H,12H2,1H3/t19-/m1/s1. The van der Waals surface area contributed by atoms with Crippen molar-refractivity contribution in [3.63, 3.8) is 0 Å². The van der Waals surface area contributed by atoms with Crippen LogP contribution in [0.5, 0.6) is 11.5 Å². The van der Waals surface area contributed by atoms with Crippen LogP contribution in [-0.2, 0) is 11.9 Å². The molecule has 0 unspecified atom stereocenters. The van der Waals surface area contributed by atoms with Crippen LogP contribution in [-0.4, -0.2) is 20.5 Å². The molecule has 29 heavy (non-hydrogen) atoms. The van der Waals surface area contributed by atoms with E-state index in [1.165, 1.54) is 4.57 Å². The molecule has 3 aromatic carbocycles. The monoisotopic (exact) mass is 386 g/mol. The molecule has 0 bridgehead atoms. The maximum atomic E-state index is 12.9. The minimum absolute atomic E-state index is 0.103. The van der Waals surface area contributed by atoms with Gasteiger partial charge in [-0.1, -0.05) is 47.6 Å². The summed E-state index contributed by atoms with van der Waals surface area (Å²) in [6, 6.07) is 18.3. The van der Waals surface area contributed by atoms with Gasteiger partial charge < -0.3 is 19.6 Å². The van der Waals surface area contributed by atoms with E-state index in [2.05, 4.69) is 5.16 Å². The number of rotatable bonds is 2. The summed E-state index contributed by atoms with van der Waals surface area (Å²) < 4.78 is 1.50. The third kappa shape index (κ3) is 2.56. The zero-order valence-corrected chi connectivity index (χ0v) is 15.7. The number of aromatic hydroxyl groups is 2. The van der Waals surface area contributed by atoms with Crippen molar-refractivity contribution in [3.05, 3.63) is 82.1 Å². The topological polar surface area (TPSA) is 84.1 Å². The normalized spacial score (nSPS) is 16.2. The van der Waals surface area contributed by atoms with Crippen LogP contribution in [0.4, 0.5) is 0 Å². The number of phenolic OH excluding ortho intramolecular Hbond substituents is 1. The smallest absolute Gasteiger partial charge is 0.263 e. The lowest BCUT2D eigenvalue weighted by Gasteiger charge is -2.14. The number of phenols is 1. The molecule has 0 fully saturated rings. The highest BCUT2D eigenvalue weighted by Gasteiger charge is 2.31. The Labute approximate surface area is 165 Å². The van der Waals surface area contributed by atoms with Crippen LogP contribution in [0.3, 0.4) is 0 Å². The SMILES string of the molecule is Cn1c(=O)c(C2=NO[C@@H](c3c(O)ccc4ccccc34)C2)c(O)c2ccccc21. The van der Waals surface area contributed by atoms with Crippen LogP contribution in [0.1, 0.15) is 23.7 Å². The molecule has 4 aromatic rings. The van der Waals surface area contributed by atoms with Crippen molar-refractivity contribution >= 4 is 27.4 Å². The van der Waals surface area contributed by atoms with Crippen LogP contribution < -0.4 is 5.56 Å². The van der Waals surface area contributed by atoms with Gasteiger partial charge in [0.15, 0.2) is 6.10 Å². The molecule has 5 rings (SSSR count). The largest absolute Gasteiger partial charge is 0.508 e. The van der Waals surface area contributed by atoms with Crippen molar-refractivity contribution in [2.45, 2.75) is 12.5 Å². The van der Waals surface area contributed by atoms with E-state index in [4.69, 9.17) is 4.84 Å². The van der Waals surface area contributed by atoms with Gasteiger partial charge in [0, 0.05) is 24.4 Å². The van der Waals surface area contributed by atoms with Crippen LogP contribution in [0.15, 0.2) is 70.6 Å². The Bertz CT molecular complexity index is 1370. The van der Waals surface area contributed by atoms with Crippen molar-refractivity contribution in [2.75, 3.05) is 0 Å². The lowest BCUT2D eigenvalue weighted by atomic mass is 9.94. The summed E-state index contributed by atoms with van der Waals surface area (Å²) in [6.07, 6.45) is -0.283. The zero-order valence-electron chi connectivity index (χ0n) is 15.7. The first-order valence-electron chi connectivity index (χ1n) is 9.30. The Morgan fingerprint density at radius 1 is 1.00 bits per heavy atom. The number of pyridine rings is 1. The Morgan fingerprint density at radius 3 is 2.55 bits per heavy atom. The van der Waals surface area contributed by atoms with Crippen molar-refractivity contribution < 1.29 is 15.1 Å². The van der Waals surface area contributed by atoms with Gasteiger partial charge in [-0.25, -0.2) is 0 Å². The molecule has 0 aliphatic carbocycles. The van der Waals surface area contributed by atoms with Gasteiger partial charge in [0.25, 0.3) is 5.56 Å². The molecule has 1 aliphatic rings. The number of hydrogen-bond donors (Lipinski definition) is 2. The molecule has 0 saturated heterocycles. The van der Waals surface area contributed by atoms with E-state index >= 15 is 0 Å². The van der Waals surface area contributed by atoms with E-state index in [0.29, 0.717) is 22.2 Å². The highest BCUT2D eigenvalue weighted by molar-refractivity contribution is 6.07. The fourth-order valence-electron chi connectivity index (χ4n) is 4.04. The van der Waals surface area contributed by atoms with E-state index in [1.54, 1.807) is 31.3 Å². The van der Waals surface area contributed by atoms with Gasteiger partial charge in [-0.05, 0) is 29.0 Å². The maximum absolute atomic E-state index is 12.9. The molecule has 6 heteroatoms. The zero-order chi connectivity index (χ0) is 20.1. The van der Waals surface area contributed by atoms with Gasteiger partial charge >= 0.3 is 0 Å². The minimum atomic E-state index is -0.549. The molecule has 0 amide bonds. The number of hydrogen-bond acceptors (Lipinski definition) is 5. The average Bonchev–Trinajstić information content (AvgIpc) is 3.21. The molecule has 0 spiro atoms. The van der Waals surface area contributed by atoms with Crippen molar-refractivity contribution in [3.8, 4) is 11.5 Å². The molecule has 144 valence electrons. The summed E-state index contributed by atoms with van der Waals surface area (Å²) in [6.45, 7) is 0. The number of para-hydroxylation sites is 1. The third-order valence-electron chi connectivity index (χ3n) is 5.50. The van der Waals surface area contributed by atoms with Gasteiger partial charge in [0.1, 0.15) is 22.8 Å².